The largest absolute Gasteiger partial charge is 0.456 e. The number of nitrogens with zero attached hydrogens (tertiary/aromatic N) is 2. The summed E-state index contributed by atoms with van der Waals surface area (Å²) in [6, 6.07) is 1.70. The van der Waals surface area contributed by atoms with Gasteiger partial charge in [-0.1, -0.05) is 11.3 Å². The second kappa shape index (κ2) is 4.20. The highest BCUT2D eigenvalue weighted by Gasteiger charge is 2.22. The van der Waals surface area contributed by atoms with E-state index in [9.17, 15) is 4.79 Å². The van der Waals surface area contributed by atoms with Gasteiger partial charge >= 0.3 is 5.97 Å². The number of hydrogen-bond donors (Lipinski definition) is 1. The van der Waals surface area contributed by atoms with Crippen LogP contribution in [0, 0.1) is 6.92 Å². The standard InChI is InChI=1S/C12H15N3O2S/c1-6-5-7(10(16)17-12(2,3)4)8-9(14-6)15-11(13)18-8/h5H,1-4H3,(H2,13,14,15). The molecule has 6 heteroatoms. The monoisotopic (exact) mass is 265 g/mol. The first-order valence-electron chi connectivity index (χ1n) is 5.53. The van der Waals surface area contributed by atoms with E-state index in [1.807, 2.05) is 27.7 Å². The lowest BCUT2D eigenvalue weighted by atomic mass is 10.1. The van der Waals surface area contributed by atoms with E-state index >= 15 is 0 Å². The first-order chi connectivity index (χ1) is 8.26. The lowest BCUT2D eigenvalue weighted by Crippen LogP contribution is -2.24. The number of pyridine rings is 1. The summed E-state index contributed by atoms with van der Waals surface area (Å²) in [7, 11) is 0. The zero-order valence-electron chi connectivity index (χ0n) is 10.8. The van der Waals surface area contributed by atoms with Gasteiger partial charge in [0.25, 0.3) is 0 Å². The van der Waals surface area contributed by atoms with Crippen molar-refractivity contribution >= 4 is 32.8 Å². The molecule has 0 spiro atoms. The molecular weight excluding hydrogens is 250 g/mol. The van der Waals surface area contributed by atoms with Gasteiger partial charge < -0.3 is 10.5 Å². The van der Waals surface area contributed by atoms with E-state index in [0.29, 0.717) is 26.7 Å². The molecule has 0 aliphatic carbocycles. The first-order valence-corrected chi connectivity index (χ1v) is 6.35. The molecule has 0 fully saturated rings. The summed E-state index contributed by atoms with van der Waals surface area (Å²) < 4.78 is 6.04. The van der Waals surface area contributed by atoms with Crippen molar-refractivity contribution in [3.63, 3.8) is 0 Å². The molecule has 0 bridgehead atoms. The number of carbonyl (C=O) groups is 1. The molecule has 0 saturated carbocycles. The quantitative estimate of drug-likeness (QED) is 0.802. The van der Waals surface area contributed by atoms with Gasteiger partial charge in [-0.05, 0) is 33.8 Å². The highest BCUT2D eigenvalue weighted by molar-refractivity contribution is 7.22. The van der Waals surface area contributed by atoms with Crippen LogP contribution in [-0.2, 0) is 4.74 Å². The van der Waals surface area contributed by atoms with Gasteiger partial charge in [0.1, 0.15) is 5.60 Å². The van der Waals surface area contributed by atoms with Crippen LogP contribution in [0.2, 0.25) is 0 Å². The van der Waals surface area contributed by atoms with E-state index in [1.165, 1.54) is 11.3 Å². The number of aromatic nitrogens is 2. The van der Waals surface area contributed by atoms with Crippen LogP contribution < -0.4 is 5.73 Å². The number of carbonyl (C=O) groups excluding carboxylic acids is 1. The number of fused-ring (bicyclic) bond motifs is 1. The maximum absolute atomic E-state index is 12.1. The van der Waals surface area contributed by atoms with Gasteiger partial charge in [0, 0.05) is 5.69 Å². The Kier molecular flexibility index (Phi) is 2.98. The van der Waals surface area contributed by atoms with E-state index in [1.54, 1.807) is 6.07 Å². The second-order valence-corrected chi connectivity index (χ2v) is 6.05. The van der Waals surface area contributed by atoms with E-state index < -0.39 is 5.60 Å². The number of hydrogen-bond acceptors (Lipinski definition) is 6. The molecule has 5 nitrogen and oxygen atoms in total. The van der Waals surface area contributed by atoms with Crippen LogP contribution in [0.5, 0.6) is 0 Å². The minimum Gasteiger partial charge on any atom is -0.456 e. The lowest BCUT2D eigenvalue weighted by Gasteiger charge is -2.19. The molecule has 0 atom stereocenters. The van der Waals surface area contributed by atoms with Gasteiger partial charge in [-0.3, -0.25) is 0 Å². The highest BCUT2D eigenvalue weighted by atomic mass is 32.1. The second-order valence-electron chi connectivity index (χ2n) is 5.02. The third-order valence-electron chi connectivity index (χ3n) is 2.12. The summed E-state index contributed by atoms with van der Waals surface area (Å²) in [5.74, 6) is -0.373. The molecule has 2 heterocycles. The zero-order valence-corrected chi connectivity index (χ0v) is 11.6. The van der Waals surface area contributed by atoms with Crippen LogP contribution in [0.15, 0.2) is 6.07 Å². The smallest absolute Gasteiger partial charge is 0.340 e. The SMILES string of the molecule is Cc1cc(C(=O)OC(C)(C)C)c2sc(N)nc2n1. The van der Waals surface area contributed by atoms with Gasteiger partial charge in [-0.2, -0.15) is 0 Å². The van der Waals surface area contributed by atoms with Crippen molar-refractivity contribution in [1.82, 2.24) is 9.97 Å². The Morgan fingerprint density at radius 1 is 1.39 bits per heavy atom. The number of anilines is 1. The van der Waals surface area contributed by atoms with Gasteiger partial charge in [0.2, 0.25) is 0 Å². The summed E-state index contributed by atoms with van der Waals surface area (Å²) in [6.07, 6.45) is 0. The van der Waals surface area contributed by atoms with Crippen molar-refractivity contribution in [1.29, 1.82) is 0 Å². The van der Waals surface area contributed by atoms with E-state index in [-0.39, 0.29) is 5.97 Å². The predicted molar refractivity (Wildman–Crippen MR) is 71.7 cm³/mol. The Morgan fingerprint density at radius 2 is 2.06 bits per heavy atom. The fourth-order valence-corrected chi connectivity index (χ4v) is 2.31. The summed E-state index contributed by atoms with van der Waals surface area (Å²) >= 11 is 1.25. The summed E-state index contributed by atoms with van der Waals surface area (Å²) in [5.41, 5.74) is 6.81. The zero-order chi connectivity index (χ0) is 13.5. The molecule has 0 aliphatic rings. The fourth-order valence-electron chi connectivity index (χ4n) is 1.54. The molecule has 0 saturated heterocycles. The summed E-state index contributed by atoms with van der Waals surface area (Å²) in [5, 5.41) is 0.396. The van der Waals surface area contributed by atoms with Gasteiger partial charge in [0.05, 0.1) is 10.3 Å². The van der Waals surface area contributed by atoms with Crippen molar-refractivity contribution in [2.24, 2.45) is 0 Å². The summed E-state index contributed by atoms with van der Waals surface area (Å²) in [6.45, 7) is 7.30. The molecule has 0 aliphatic heterocycles. The molecule has 2 aromatic heterocycles. The number of esters is 1. The van der Waals surface area contributed by atoms with Crippen LogP contribution in [0.4, 0.5) is 5.13 Å². The van der Waals surface area contributed by atoms with Crippen LogP contribution in [0.25, 0.3) is 10.3 Å². The highest BCUT2D eigenvalue weighted by Crippen LogP contribution is 2.28. The molecular formula is C12H15N3O2S. The summed E-state index contributed by atoms with van der Waals surface area (Å²) in [4.78, 5) is 20.5. The molecule has 2 rings (SSSR count). The minimum atomic E-state index is -0.531. The van der Waals surface area contributed by atoms with E-state index in [4.69, 9.17) is 10.5 Å². The number of thiazole rings is 1. The fraction of sp³-hybridized carbons (Fsp3) is 0.417. The number of nitrogen functional groups attached to an aromatic ring is 1. The lowest BCUT2D eigenvalue weighted by molar-refractivity contribution is 0.00718. The van der Waals surface area contributed by atoms with Crippen molar-refractivity contribution < 1.29 is 9.53 Å². The molecule has 2 N–H and O–H groups in total. The topological polar surface area (TPSA) is 78.1 Å². The Balaban J connectivity index is 2.52. The van der Waals surface area contributed by atoms with Crippen molar-refractivity contribution in [2.75, 3.05) is 5.73 Å². The maximum Gasteiger partial charge on any atom is 0.340 e. The minimum absolute atomic E-state index is 0.373. The number of nitrogens with two attached hydrogens (primary N) is 1. The van der Waals surface area contributed by atoms with Crippen molar-refractivity contribution in [2.45, 2.75) is 33.3 Å². The maximum atomic E-state index is 12.1. The van der Waals surface area contributed by atoms with E-state index in [0.717, 1.165) is 0 Å². The Morgan fingerprint density at radius 3 is 2.67 bits per heavy atom. The molecule has 0 unspecified atom stereocenters. The van der Waals surface area contributed by atoms with Gasteiger partial charge in [-0.15, -0.1) is 0 Å². The average Bonchev–Trinajstić information content (AvgIpc) is 2.53. The Hall–Kier alpha value is -1.69. The number of rotatable bonds is 1. The molecule has 96 valence electrons. The third kappa shape index (κ3) is 2.59. The number of ether oxygens (including phenoxy) is 1. The molecule has 18 heavy (non-hydrogen) atoms. The molecule has 0 amide bonds. The van der Waals surface area contributed by atoms with Crippen LogP contribution in [0.1, 0.15) is 36.8 Å². The van der Waals surface area contributed by atoms with Crippen molar-refractivity contribution in [3.8, 4) is 0 Å². The number of aryl methyl sites for hydroxylation is 1. The van der Waals surface area contributed by atoms with Crippen LogP contribution >= 0.6 is 11.3 Å². The molecule has 2 aromatic rings. The Labute approximate surface area is 109 Å². The normalized spacial score (nSPS) is 11.8. The van der Waals surface area contributed by atoms with Gasteiger partial charge in [-0.25, -0.2) is 14.8 Å². The average molecular weight is 265 g/mol. The Bertz CT molecular complexity index is 614. The van der Waals surface area contributed by atoms with Crippen LogP contribution in [-0.4, -0.2) is 21.5 Å². The van der Waals surface area contributed by atoms with Crippen LogP contribution in [0.3, 0.4) is 0 Å². The van der Waals surface area contributed by atoms with Gasteiger partial charge in [0.15, 0.2) is 10.8 Å². The predicted octanol–water partition coefficient (Wildman–Crippen LogP) is 2.54. The molecule has 0 aromatic carbocycles. The first kappa shape index (κ1) is 12.8. The third-order valence-corrected chi connectivity index (χ3v) is 3.03. The van der Waals surface area contributed by atoms with Crippen molar-refractivity contribution in [3.05, 3.63) is 17.3 Å². The van der Waals surface area contributed by atoms with E-state index in [2.05, 4.69) is 9.97 Å². The molecule has 0 radical (unpaired) electrons.